The predicted molar refractivity (Wildman–Crippen MR) is 84.2 cm³/mol. The molecule has 0 unspecified atom stereocenters. The molecule has 1 aliphatic rings. The fourth-order valence-corrected chi connectivity index (χ4v) is 2.71. The maximum Gasteiger partial charge on any atom is 0.227 e. The van der Waals surface area contributed by atoms with Crippen LogP contribution < -0.4 is 10.5 Å². The molecule has 0 radical (unpaired) electrons. The number of nitrogens with two attached hydrogens (primary N) is 1. The van der Waals surface area contributed by atoms with Crippen molar-refractivity contribution >= 4 is 5.91 Å². The number of nitrogens with zero attached hydrogens (tertiary/aromatic N) is 2. The molecule has 1 aromatic rings. The highest BCUT2D eigenvalue weighted by atomic mass is 16.5. The maximum absolute atomic E-state index is 12.4. The van der Waals surface area contributed by atoms with Crippen molar-refractivity contribution in [3.8, 4) is 11.8 Å². The molecule has 5 nitrogen and oxygen atoms in total. The van der Waals surface area contributed by atoms with Gasteiger partial charge in [0.05, 0.1) is 17.9 Å². The largest absolute Gasteiger partial charge is 0.492 e. The maximum atomic E-state index is 12.4. The highest BCUT2D eigenvalue weighted by molar-refractivity contribution is 5.79. The molecule has 2 N–H and O–H groups in total. The van der Waals surface area contributed by atoms with E-state index in [9.17, 15) is 10.1 Å². The zero-order valence-corrected chi connectivity index (χ0v) is 13.0. The summed E-state index contributed by atoms with van der Waals surface area (Å²) >= 11 is 0. The van der Waals surface area contributed by atoms with Crippen LogP contribution in [0.15, 0.2) is 24.3 Å². The van der Waals surface area contributed by atoms with Crippen molar-refractivity contribution < 1.29 is 9.53 Å². The lowest BCUT2D eigenvalue weighted by Crippen LogP contribution is -2.44. The molecule has 2 rings (SSSR count). The molecule has 22 heavy (non-hydrogen) atoms. The Balaban J connectivity index is 1.93. The third kappa shape index (κ3) is 4.22. The van der Waals surface area contributed by atoms with Crippen LogP contribution in [0.5, 0.6) is 5.75 Å². The number of piperidine rings is 1. The van der Waals surface area contributed by atoms with Crippen LogP contribution in [-0.2, 0) is 11.2 Å². The van der Waals surface area contributed by atoms with Gasteiger partial charge in [0.25, 0.3) is 0 Å². The zero-order chi connectivity index (χ0) is 16.0. The number of hydrogen-bond acceptors (Lipinski definition) is 4. The lowest BCUT2D eigenvalue weighted by Gasteiger charge is -2.36. The summed E-state index contributed by atoms with van der Waals surface area (Å²) in [6, 6.07) is 9.85. The zero-order valence-electron chi connectivity index (χ0n) is 13.0. The van der Waals surface area contributed by atoms with Crippen LogP contribution in [0.3, 0.4) is 0 Å². The van der Waals surface area contributed by atoms with E-state index in [1.165, 1.54) is 0 Å². The first kappa shape index (κ1) is 16.3. The van der Waals surface area contributed by atoms with Gasteiger partial charge < -0.3 is 15.4 Å². The Bertz CT molecular complexity index is 550. The number of amides is 1. The molecule has 0 saturated carbocycles. The molecule has 1 aliphatic heterocycles. The molecule has 0 bridgehead atoms. The minimum Gasteiger partial charge on any atom is -0.492 e. The van der Waals surface area contributed by atoms with Crippen LogP contribution in [-0.4, -0.2) is 37.0 Å². The first-order chi connectivity index (χ1) is 10.6. The van der Waals surface area contributed by atoms with Crippen molar-refractivity contribution in [2.75, 3.05) is 26.2 Å². The number of carbonyl (C=O) groups excluding carboxylic acids is 1. The van der Waals surface area contributed by atoms with E-state index in [1.54, 1.807) is 0 Å². The van der Waals surface area contributed by atoms with E-state index in [1.807, 2.05) is 36.1 Å². The van der Waals surface area contributed by atoms with Crippen molar-refractivity contribution in [3.63, 3.8) is 0 Å². The Hall–Kier alpha value is -2.06. The summed E-state index contributed by atoms with van der Waals surface area (Å²) in [5.41, 5.74) is 5.93. The molecule has 1 atom stereocenters. The molecule has 0 aromatic heterocycles. The molecule has 1 fully saturated rings. The lowest BCUT2D eigenvalue weighted by molar-refractivity contribution is -0.132. The van der Waals surface area contributed by atoms with Crippen LogP contribution in [0.25, 0.3) is 0 Å². The van der Waals surface area contributed by atoms with Crippen LogP contribution in [0.1, 0.15) is 25.3 Å². The summed E-state index contributed by atoms with van der Waals surface area (Å²) in [5, 5.41) is 9.23. The second-order valence-electron chi connectivity index (χ2n) is 6.05. The third-order valence-electron chi connectivity index (χ3n) is 3.98. The number of rotatable bonds is 5. The first-order valence-corrected chi connectivity index (χ1v) is 7.67. The Kier molecular flexibility index (Phi) is 5.40. The van der Waals surface area contributed by atoms with Gasteiger partial charge in [-0.2, -0.15) is 5.26 Å². The smallest absolute Gasteiger partial charge is 0.227 e. The van der Waals surface area contributed by atoms with Gasteiger partial charge in [0, 0.05) is 19.6 Å². The highest BCUT2D eigenvalue weighted by Crippen LogP contribution is 2.28. The van der Waals surface area contributed by atoms with Crippen LogP contribution >= 0.6 is 0 Å². The van der Waals surface area contributed by atoms with Gasteiger partial charge in [-0.1, -0.05) is 12.1 Å². The minimum atomic E-state index is -0.409. The summed E-state index contributed by atoms with van der Waals surface area (Å²) in [7, 11) is 0. The van der Waals surface area contributed by atoms with Gasteiger partial charge in [0.15, 0.2) is 0 Å². The molecule has 118 valence electrons. The van der Waals surface area contributed by atoms with Crippen molar-refractivity contribution in [2.24, 2.45) is 11.1 Å². The predicted octanol–water partition coefficient (Wildman–Crippen LogP) is 1.72. The summed E-state index contributed by atoms with van der Waals surface area (Å²) in [5.74, 6) is 0.841. The van der Waals surface area contributed by atoms with Gasteiger partial charge >= 0.3 is 0 Å². The second kappa shape index (κ2) is 7.28. The van der Waals surface area contributed by atoms with Gasteiger partial charge in [-0.25, -0.2) is 0 Å². The summed E-state index contributed by atoms with van der Waals surface area (Å²) in [6.07, 6.45) is 2.11. The quantitative estimate of drug-likeness (QED) is 0.898. The summed E-state index contributed by atoms with van der Waals surface area (Å²) in [4.78, 5) is 14.2. The average molecular weight is 301 g/mol. The molecule has 1 amide bonds. The van der Waals surface area contributed by atoms with Crippen molar-refractivity contribution in [1.29, 1.82) is 5.26 Å². The van der Waals surface area contributed by atoms with Gasteiger partial charge in [-0.05, 0) is 37.5 Å². The molecule has 0 spiro atoms. The van der Waals surface area contributed by atoms with E-state index in [2.05, 4.69) is 6.07 Å². The monoisotopic (exact) mass is 301 g/mol. The number of likely N-dealkylation sites (tertiary alicyclic amines) is 1. The summed E-state index contributed by atoms with van der Waals surface area (Å²) < 4.78 is 5.42. The Morgan fingerprint density at radius 1 is 1.45 bits per heavy atom. The van der Waals surface area contributed by atoms with Crippen molar-refractivity contribution in [1.82, 2.24) is 4.90 Å². The van der Waals surface area contributed by atoms with Gasteiger partial charge in [0.2, 0.25) is 5.91 Å². The Morgan fingerprint density at radius 2 is 2.18 bits per heavy atom. The van der Waals surface area contributed by atoms with Crippen molar-refractivity contribution in [2.45, 2.75) is 26.2 Å². The Morgan fingerprint density at radius 3 is 2.82 bits per heavy atom. The molecular weight excluding hydrogens is 278 g/mol. The average Bonchev–Trinajstić information content (AvgIpc) is 2.54. The SMILES string of the molecule is C[C@@]1(C#N)CCCN(C(=O)Cc2ccc(OCCN)cc2)C1. The third-order valence-corrected chi connectivity index (χ3v) is 3.98. The van der Waals surface area contributed by atoms with E-state index in [0.29, 0.717) is 26.1 Å². The molecule has 1 saturated heterocycles. The molecule has 1 heterocycles. The van der Waals surface area contributed by atoms with E-state index < -0.39 is 5.41 Å². The molecule has 1 aromatic carbocycles. The molecular formula is C17H23N3O2. The minimum absolute atomic E-state index is 0.0804. The van der Waals surface area contributed by atoms with Gasteiger partial charge in [0.1, 0.15) is 12.4 Å². The van der Waals surface area contributed by atoms with Crippen molar-refractivity contribution in [3.05, 3.63) is 29.8 Å². The normalized spacial score (nSPS) is 21.2. The first-order valence-electron chi connectivity index (χ1n) is 7.67. The number of benzene rings is 1. The van der Waals surface area contributed by atoms with E-state index in [-0.39, 0.29) is 5.91 Å². The topological polar surface area (TPSA) is 79.3 Å². The van der Waals surface area contributed by atoms with Crippen LogP contribution in [0.4, 0.5) is 0 Å². The van der Waals surface area contributed by atoms with E-state index >= 15 is 0 Å². The summed E-state index contributed by atoms with van der Waals surface area (Å²) in [6.45, 7) is 4.16. The standard InChI is InChI=1S/C17H23N3O2/c1-17(12-19)7-2-9-20(13-17)16(21)11-14-3-5-15(6-4-14)22-10-8-18/h3-6H,2,7-11,13,18H2,1H3/t17-/m0/s1. The van der Waals surface area contributed by atoms with Crippen LogP contribution in [0, 0.1) is 16.7 Å². The number of ether oxygens (including phenoxy) is 1. The lowest BCUT2D eigenvalue weighted by atomic mass is 9.83. The highest BCUT2D eigenvalue weighted by Gasteiger charge is 2.32. The van der Waals surface area contributed by atoms with Gasteiger partial charge in [-0.3, -0.25) is 4.79 Å². The van der Waals surface area contributed by atoms with Crippen LogP contribution in [0.2, 0.25) is 0 Å². The van der Waals surface area contributed by atoms with E-state index in [0.717, 1.165) is 30.7 Å². The number of hydrogen-bond donors (Lipinski definition) is 1. The number of carbonyl (C=O) groups is 1. The fraction of sp³-hybridized carbons (Fsp3) is 0.529. The molecule has 0 aliphatic carbocycles. The van der Waals surface area contributed by atoms with Gasteiger partial charge in [-0.15, -0.1) is 0 Å². The Labute approximate surface area is 131 Å². The fourth-order valence-electron chi connectivity index (χ4n) is 2.71. The second-order valence-corrected chi connectivity index (χ2v) is 6.05. The molecule has 5 heteroatoms. The number of nitriles is 1. The van der Waals surface area contributed by atoms with E-state index in [4.69, 9.17) is 10.5 Å².